The van der Waals surface area contributed by atoms with Crippen LogP contribution in [-0.4, -0.2) is 177 Å². The first-order valence-corrected chi connectivity index (χ1v) is 14.9. The first-order chi connectivity index (χ1) is 20.8. The molecule has 0 aromatic carbocycles. The van der Waals surface area contributed by atoms with Crippen molar-refractivity contribution in [2.75, 3.05) is 46.4 Å². The SMILES string of the molecule is CN[C@@H]1[C@@H](O)[C@@H](O[C@H]2[C@H](CC(=O)N(O)CCN)C[C@H](N)C(O[C@H]3O[C@H](CNCCCO)[C@@H](O)[C@H](O)[C@H]3O)[C@@H]2O)OC[C@]1(C)O. The summed E-state index contributed by atoms with van der Waals surface area (Å²) in [5.74, 6) is -1.53. The van der Waals surface area contributed by atoms with Gasteiger partial charge in [-0.15, -0.1) is 0 Å². The average molecular weight is 642 g/mol. The summed E-state index contributed by atoms with van der Waals surface area (Å²) in [5, 5.41) is 89.9. The molecule has 1 saturated carbocycles. The van der Waals surface area contributed by atoms with Gasteiger partial charge in [-0.3, -0.25) is 10.0 Å². The van der Waals surface area contributed by atoms with Gasteiger partial charge in [0.05, 0.1) is 25.3 Å². The number of hydroxylamine groups is 2. The van der Waals surface area contributed by atoms with Crippen molar-refractivity contribution in [2.45, 2.75) is 105 Å². The van der Waals surface area contributed by atoms with Crippen LogP contribution in [0.5, 0.6) is 0 Å². The number of nitrogens with zero attached hydrogens (tertiary/aromatic N) is 1. The maximum atomic E-state index is 12.7. The monoisotopic (exact) mass is 641 g/mol. The second-order valence-electron chi connectivity index (χ2n) is 12.0. The van der Waals surface area contributed by atoms with Gasteiger partial charge in [-0.1, -0.05) is 0 Å². The minimum absolute atomic E-state index is 0.000536. The number of carbonyl (C=O) groups excluding carboxylic acids is 1. The lowest BCUT2D eigenvalue weighted by molar-refractivity contribution is -0.333. The van der Waals surface area contributed by atoms with Gasteiger partial charge in [-0.05, 0) is 39.3 Å². The van der Waals surface area contributed by atoms with Gasteiger partial charge in [-0.2, -0.15) is 0 Å². The van der Waals surface area contributed by atoms with Gasteiger partial charge >= 0.3 is 0 Å². The number of nitrogens with two attached hydrogens (primary N) is 2. The van der Waals surface area contributed by atoms with Crippen LogP contribution in [0.2, 0.25) is 0 Å². The minimum atomic E-state index is -1.72. The third kappa shape index (κ3) is 8.79. The Balaban J connectivity index is 1.81. The van der Waals surface area contributed by atoms with Crippen LogP contribution in [0.25, 0.3) is 0 Å². The van der Waals surface area contributed by atoms with E-state index in [1.165, 1.54) is 14.0 Å². The molecule has 258 valence electrons. The molecule has 0 spiro atoms. The molecule has 2 saturated heterocycles. The molecule has 0 radical (unpaired) electrons. The summed E-state index contributed by atoms with van der Waals surface area (Å²) in [7, 11) is 1.54. The van der Waals surface area contributed by atoms with Crippen LogP contribution >= 0.6 is 0 Å². The molecule has 1 unspecified atom stereocenters. The van der Waals surface area contributed by atoms with Crippen molar-refractivity contribution in [2.24, 2.45) is 17.4 Å². The van der Waals surface area contributed by atoms with Crippen molar-refractivity contribution < 1.29 is 64.7 Å². The van der Waals surface area contributed by atoms with E-state index in [-0.39, 0.29) is 45.7 Å². The molecule has 18 heteroatoms. The van der Waals surface area contributed by atoms with Gasteiger partial charge in [0, 0.05) is 32.2 Å². The highest BCUT2D eigenvalue weighted by Gasteiger charge is 2.53. The van der Waals surface area contributed by atoms with Crippen LogP contribution in [0.1, 0.15) is 26.2 Å². The highest BCUT2D eigenvalue weighted by Crippen LogP contribution is 2.36. The molecule has 1 aliphatic carbocycles. The van der Waals surface area contributed by atoms with Gasteiger partial charge in [0.2, 0.25) is 5.91 Å². The van der Waals surface area contributed by atoms with Gasteiger partial charge in [-0.25, -0.2) is 5.06 Å². The number of amides is 1. The fourth-order valence-corrected chi connectivity index (χ4v) is 6.01. The molecular weight excluding hydrogens is 590 g/mol. The molecule has 3 fully saturated rings. The maximum absolute atomic E-state index is 12.7. The van der Waals surface area contributed by atoms with Gasteiger partial charge in [0.25, 0.3) is 0 Å². The van der Waals surface area contributed by atoms with Crippen molar-refractivity contribution in [3.05, 3.63) is 0 Å². The smallest absolute Gasteiger partial charge is 0.246 e. The summed E-state index contributed by atoms with van der Waals surface area (Å²) >= 11 is 0. The van der Waals surface area contributed by atoms with Crippen LogP contribution in [-0.2, 0) is 23.7 Å². The Morgan fingerprint density at radius 1 is 1.05 bits per heavy atom. The number of ether oxygens (including phenoxy) is 4. The lowest BCUT2D eigenvalue weighted by atomic mass is 9.77. The van der Waals surface area contributed by atoms with Gasteiger partial charge < -0.3 is 76.8 Å². The van der Waals surface area contributed by atoms with Crippen LogP contribution < -0.4 is 22.1 Å². The van der Waals surface area contributed by atoms with Gasteiger partial charge in [0.15, 0.2) is 12.6 Å². The van der Waals surface area contributed by atoms with E-state index < -0.39 is 90.9 Å². The van der Waals surface area contributed by atoms with Crippen LogP contribution in [0.4, 0.5) is 0 Å². The summed E-state index contributed by atoms with van der Waals surface area (Å²) in [4.78, 5) is 12.7. The van der Waals surface area contributed by atoms with Crippen LogP contribution in [0.15, 0.2) is 0 Å². The first-order valence-electron chi connectivity index (χ1n) is 14.9. The predicted octanol–water partition coefficient (Wildman–Crippen LogP) is -6.13. The Morgan fingerprint density at radius 3 is 2.36 bits per heavy atom. The number of likely N-dealkylation sites (N-methyl/N-ethyl adjacent to an activating group) is 1. The molecular formula is C26H51N5O13. The summed E-state index contributed by atoms with van der Waals surface area (Å²) < 4.78 is 23.3. The molecule has 14 atom stereocenters. The third-order valence-electron chi connectivity index (χ3n) is 8.45. The topological polar surface area (TPSA) is 295 Å². The number of hydrogen-bond donors (Lipinski definition) is 12. The van der Waals surface area contributed by atoms with Crippen molar-refractivity contribution in [1.82, 2.24) is 15.7 Å². The number of nitrogens with one attached hydrogen (secondary N) is 2. The second-order valence-corrected chi connectivity index (χ2v) is 12.0. The molecule has 14 N–H and O–H groups in total. The Hall–Kier alpha value is -1.17. The van der Waals surface area contributed by atoms with Crippen molar-refractivity contribution in [3.8, 4) is 0 Å². The molecule has 0 aromatic rings. The quantitative estimate of drug-likeness (QED) is 0.0477. The Labute approximate surface area is 255 Å². The lowest BCUT2D eigenvalue weighted by Crippen LogP contribution is -2.67. The summed E-state index contributed by atoms with van der Waals surface area (Å²) in [6, 6.07) is -1.84. The van der Waals surface area contributed by atoms with E-state index in [0.29, 0.717) is 18.0 Å². The van der Waals surface area contributed by atoms with E-state index in [0.717, 1.165) is 0 Å². The van der Waals surface area contributed by atoms with Crippen molar-refractivity contribution >= 4 is 5.91 Å². The fraction of sp³-hybridized carbons (Fsp3) is 0.962. The Kier molecular flexibility index (Phi) is 14.1. The maximum Gasteiger partial charge on any atom is 0.246 e. The van der Waals surface area contributed by atoms with E-state index in [2.05, 4.69) is 10.6 Å². The molecule has 18 nitrogen and oxygen atoms in total. The highest BCUT2D eigenvalue weighted by atomic mass is 16.7. The fourth-order valence-electron chi connectivity index (χ4n) is 6.01. The average Bonchev–Trinajstić information content (AvgIpc) is 2.97. The largest absolute Gasteiger partial charge is 0.396 e. The zero-order valence-corrected chi connectivity index (χ0v) is 25.1. The van der Waals surface area contributed by atoms with Crippen LogP contribution in [0.3, 0.4) is 0 Å². The summed E-state index contributed by atoms with van der Waals surface area (Å²) in [6.45, 7) is 1.49. The number of aliphatic hydroxyl groups is 7. The van der Waals surface area contributed by atoms with E-state index >= 15 is 0 Å². The molecule has 2 heterocycles. The van der Waals surface area contributed by atoms with E-state index in [4.69, 9.17) is 35.5 Å². The minimum Gasteiger partial charge on any atom is -0.396 e. The standard InChI is InChI=1S/C26H51N5O13/c1-26(39)11-41-24(20(38)23(26)29-2)43-21-12(9-15(33)31(40)6-4-27)8-13(28)22(19(21)37)44-25-18(36)17(35)16(34)14(42-25)10-30-5-3-7-32/h12-14,16-25,29-30,32,34-40H,3-11,27-28H2,1-2H3/t12-,13-,14+,16+,17-,18+,19+,20+,21-,22?,23+,24+,25+,26-/m0/s1. The highest BCUT2D eigenvalue weighted by molar-refractivity contribution is 5.75. The summed E-state index contributed by atoms with van der Waals surface area (Å²) in [5.41, 5.74) is 10.4. The predicted molar refractivity (Wildman–Crippen MR) is 149 cm³/mol. The zero-order chi connectivity index (χ0) is 32.8. The number of rotatable bonds is 14. The molecule has 1 amide bonds. The van der Waals surface area contributed by atoms with Crippen LogP contribution in [0, 0.1) is 5.92 Å². The van der Waals surface area contributed by atoms with E-state index in [9.17, 15) is 40.6 Å². The Bertz CT molecular complexity index is 893. The molecule has 2 aliphatic heterocycles. The van der Waals surface area contributed by atoms with Crippen molar-refractivity contribution in [1.29, 1.82) is 0 Å². The number of carbonyl (C=O) groups is 1. The summed E-state index contributed by atoms with van der Waals surface area (Å²) in [6.07, 6.45) is -14.3. The number of aliphatic hydroxyl groups excluding tert-OH is 6. The molecule has 0 bridgehead atoms. The molecule has 44 heavy (non-hydrogen) atoms. The second kappa shape index (κ2) is 16.6. The lowest BCUT2D eigenvalue weighted by Gasteiger charge is -2.49. The van der Waals surface area contributed by atoms with Crippen molar-refractivity contribution in [3.63, 3.8) is 0 Å². The Morgan fingerprint density at radius 2 is 1.73 bits per heavy atom. The van der Waals surface area contributed by atoms with Gasteiger partial charge in [0.1, 0.15) is 48.3 Å². The number of hydrogen-bond acceptors (Lipinski definition) is 17. The first kappa shape index (κ1) is 37.3. The van der Waals surface area contributed by atoms with E-state index in [1.54, 1.807) is 0 Å². The third-order valence-corrected chi connectivity index (χ3v) is 8.45. The normalized spacial score (nSPS) is 43.1. The molecule has 3 aliphatic rings. The molecule has 3 rings (SSSR count). The van der Waals surface area contributed by atoms with E-state index in [1.807, 2.05) is 0 Å². The molecule has 0 aromatic heterocycles. The zero-order valence-electron chi connectivity index (χ0n) is 25.1.